The molecule has 1 aromatic carbocycles. The van der Waals surface area contributed by atoms with E-state index in [1.54, 1.807) is 6.26 Å². The third kappa shape index (κ3) is 2.30. The van der Waals surface area contributed by atoms with Crippen LogP contribution < -0.4 is 0 Å². The van der Waals surface area contributed by atoms with Gasteiger partial charge in [-0.25, -0.2) is 0 Å². The lowest BCUT2D eigenvalue weighted by Gasteiger charge is -2.30. The van der Waals surface area contributed by atoms with Crippen LogP contribution in [-0.2, 0) is 0 Å². The molecule has 0 amide bonds. The van der Waals surface area contributed by atoms with Gasteiger partial charge in [0.1, 0.15) is 17.6 Å². The van der Waals surface area contributed by atoms with Crippen LogP contribution in [0, 0.1) is 0 Å². The topological polar surface area (TPSA) is 28.7 Å². The number of amidine groups is 1. The quantitative estimate of drug-likeness (QED) is 0.610. The minimum absolute atomic E-state index is 0.0360. The predicted octanol–water partition coefficient (Wildman–Crippen LogP) is 3.78. The monoisotopic (exact) mass is 264 g/mol. The summed E-state index contributed by atoms with van der Waals surface area (Å²) < 4.78 is 5.55. The van der Waals surface area contributed by atoms with Gasteiger partial charge in [0.25, 0.3) is 0 Å². The number of aliphatic imine (C=N–C) groups is 1. The summed E-state index contributed by atoms with van der Waals surface area (Å²) in [6.45, 7) is 0. The van der Waals surface area contributed by atoms with Crippen molar-refractivity contribution in [2.75, 3.05) is 7.05 Å². The highest BCUT2D eigenvalue weighted by Gasteiger charge is 2.23. The second-order valence-corrected chi connectivity index (χ2v) is 4.51. The molecule has 1 aromatic heterocycles. The molecule has 0 saturated carbocycles. The van der Waals surface area contributed by atoms with Gasteiger partial charge in [0.05, 0.1) is 6.26 Å². The van der Waals surface area contributed by atoms with Crippen molar-refractivity contribution in [1.82, 2.24) is 4.90 Å². The standard InChI is InChI=1S/C17H16N2O/c1-18-17(14-8-3-2-4-9-14)19-12-6-5-10-15(19)16-11-7-13-20-16/h2-13,15H,1H3. The van der Waals surface area contributed by atoms with E-state index in [1.165, 1.54) is 0 Å². The first-order valence-corrected chi connectivity index (χ1v) is 6.59. The SMILES string of the molecule is CN=C(c1ccccc1)N1C=CC=CC1c1ccco1. The molecule has 2 aromatic rings. The number of furan rings is 1. The van der Waals surface area contributed by atoms with E-state index in [1.807, 2.05) is 55.7 Å². The Hall–Kier alpha value is -2.55. The number of allylic oxidation sites excluding steroid dienone is 2. The molecule has 0 saturated heterocycles. The van der Waals surface area contributed by atoms with Gasteiger partial charge in [0.2, 0.25) is 0 Å². The van der Waals surface area contributed by atoms with Crippen molar-refractivity contribution in [3.05, 3.63) is 84.5 Å². The van der Waals surface area contributed by atoms with Crippen LogP contribution in [-0.4, -0.2) is 17.8 Å². The van der Waals surface area contributed by atoms with Gasteiger partial charge >= 0.3 is 0 Å². The Morgan fingerprint density at radius 2 is 1.95 bits per heavy atom. The first-order chi connectivity index (χ1) is 9.90. The number of hydrogen-bond donors (Lipinski definition) is 0. The van der Waals surface area contributed by atoms with Crippen molar-refractivity contribution in [1.29, 1.82) is 0 Å². The second-order valence-electron chi connectivity index (χ2n) is 4.51. The lowest BCUT2D eigenvalue weighted by molar-refractivity contribution is 0.386. The van der Waals surface area contributed by atoms with E-state index in [2.05, 4.69) is 28.1 Å². The molecule has 2 heterocycles. The van der Waals surface area contributed by atoms with Crippen LogP contribution in [0.3, 0.4) is 0 Å². The first-order valence-electron chi connectivity index (χ1n) is 6.59. The summed E-state index contributed by atoms with van der Waals surface area (Å²) in [6, 6.07) is 14.1. The molecule has 0 fully saturated rings. The van der Waals surface area contributed by atoms with Crippen molar-refractivity contribution in [3.8, 4) is 0 Å². The van der Waals surface area contributed by atoms with Crippen LogP contribution in [0.5, 0.6) is 0 Å². The fourth-order valence-corrected chi connectivity index (χ4v) is 2.37. The maximum absolute atomic E-state index is 5.55. The Labute approximate surface area is 118 Å². The molecule has 1 atom stereocenters. The molecular weight excluding hydrogens is 248 g/mol. The molecular formula is C17H16N2O. The third-order valence-corrected chi connectivity index (χ3v) is 3.27. The van der Waals surface area contributed by atoms with Crippen LogP contribution in [0.4, 0.5) is 0 Å². The zero-order chi connectivity index (χ0) is 13.8. The van der Waals surface area contributed by atoms with Crippen LogP contribution in [0.25, 0.3) is 0 Å². The highest BCUT2D eigenvalue weighted by atomic mass is 16.3. The Balaban J connectivity index is 1.98. The molecule has 3 rings (SSSR count). The minimum atomic E-state index is 0.0360. The summed E-state index contributed by atoms with van der Waals surface area (Å²) in [7, 11) is 1.81. The molecule has 0 bridgehead atoms. The summed E-state index contributed by atoms with van der Waals surface area (Å²) in [5, 5.41) is 0. The normalized spacial score (nSPS) is 18.6. The molecule has 3 heteroatoms. The smallest absolute Gasteiger partial charge is 0.135 e. The molecule has 0 N–H and O–H groups in total. The second kappa shape index (κ2) is 5.61. The zero-order valence-electron chi connectivity index (χ0n) is 11.3. The Morgan fingerprint density at radius 3 is 2.65 bits per heavy atom. The van der Waals surface area contributed by atoms with Crippen molar-refractivity contribution < 1.29 is 4.42 Å². The van der Waals surface area contributed by atoms with Gasteiger partial charge in [-0.05, 0) is 18.2 Å². The van der Waals surface area contributed by atoms with E-state index < -0.39 is 0 Å². The molecule has 1 aliphatic heterocycles. The first kappa shape index (κ1) is 12.5. The van der Waals surface area contributed by atoms with Crippen LogP contribution >= 0.6 is 0 Å². The Kier molecular flexibility index (Phi) is 3.50. The molecule has 0 aliphatic carbocycles. The fourth-order valence-electron chi connectivity index (χ4n) is 2.37. The van der Waals surface area contributed by atoms with Crippen molar-refractivity contribution in [2.24, 2.45) is 4.99 Å². The molecule has 1 unspecified atom stereocenters. The summed E-state index contributed by atoms with van der Waals surface area (Å²) in [6.07, 6.45) is 9.87. The van der Waals surface area contributed by atoms with Crippen molar-refractivity contribution >= 4 is 5.84 Å². The number of benzene rings is 1. The van der Waals surface area contributed by atoms with E-state index in [9.17, 15) is 0 Å². The van der Waals surface area contributed by atoms with Crippen LogP contribution in [0.15, 0.2) is 82.6 Å². The Bertz CT molecular complexity index is 639. The lowest BCUT2D eigenvalue weighted by atomic mass is 10.1. The number of nitrogens with zero attached hydrogens (tertiary/aromatic N) is 2. The van der Waals surface area contributed by atoms with Gasteiger partial charge in [0.15, 0.2) is 0 Å². The molecule has 1 aliphatic rings. The molecule has 20 heavy (non-hydrogen) atoms. The predicted molar refractivity (Wildman–Crippen MR) is 80.5 cm³/mol. The van der Waals surface area contributed by atoms with Gasteiger partial charge in [-0.3, -0.25) is 4.99 Å². The van der Waals surface area contributed by atoms with Crippen molar-refractivity contribution in [3.63, 3.8) is 0 Å². The van der Waals surface area contributed by atoms with Gasteiger partial charge in [-0.1, -0.05) is 42.5 Å². The fraction of sp³-hybridized carbons (Fsp3) is 0.118. The highest BCUT2D eigenvalue weighted by molar-refractivity contribution is 5.99. The molecule has 100 valence electrons. The average molecular weight is 264 g/mol. The highest BCUT2D eigenvalue weighted by Crippen LogP contribution is 2.27. The van der Waals surface area contributed by atoms with Crippen molar-refractivity contribution in [2.45, 2.75) is 6.04 Å². The molecule has 0 radical (unpaired) electrons. The number of hydrogen-bond acceptors (Lipinski definition) is 2. The van der Waals surface area contributed by atoms with E-state index >= 15 is 0 Å². The maximum Gasteiger partial charge on any atom is 0.135 e. The van der Waals surface area contributed by atoms with E-state index in [4.69, 9.17) is 4.42 Å². The minimum Gasteiger partial charge on any atom is -0.467 e. The zero-order valence-corrected chi connectivity index (χ0v) is 11.3. The van der Waals surface area contributed by atoms with E-state index in [0.717, 1.165) is 17.2 Å². The van der Waals surface area contributed by atoms with Gasteiger partial charge in [-0.15, -0.1) is 0 Å². The summed E-state index contributed by atoms with van der Waals surface area (Å²) in [5.74, 6) is 1.83. The molecule has 0 spiro atoms. The maximum atomic E-state index is 5.55. The summed E-state index contributed by atoms with van der Waals surface area (Å²) in [4.78, 5) is 6.58. The van der Waals surface area contributed by atoms with E-state index in [0.29, 0.717) is 0 Å². The lowest BCUT2D eigenvalue weighted by Crippen LogP contribution is -2.31. The average Bonchev–Trinajstić information content (AvgIpc) is 3.04. The molecule has 3 nitrogen and oxygen atoms in total. The largest absolute Gasteiger partial charge is 0.467 e. The summed E-state index contributed by atoms with van der Waals surface area (Å²) >= 11 is 0. The summed E-state index contributed by atoms with van der Waals surface area (Å²) in [5.41, 5.74) is 1.09. The Morgan fingerprint density at radius 1 is 1.10 bits per heavy atom. The van der Waals surface area contributed by atoms with E-state index in [-0.39, 0.29) is 6.04 Å². The van der Waals surface area contributed by atoms with Gasteiger partial charge in [0, 0.05) is 18.8 Å². The number of rotatable bonds is 2. The van der Waals surface area contributed by atoms with Crippen LogP contribution in [0.1, 0.15) is 17.4 Å². The third-order valence-electron chi connectivity index (χ3n) is 3.27. The van der Waals surface area contributed by atoms with Gasteiger partial charge in [-0.2, -0.15) is 0 Å². The van der Waals surface area contributed by atoms with Crippen LogP contribution in [0.2, 0.25) is 0 Å². The van der Waals surface area contributed by atoms with Gasteiger partial charge < -0.3 is 9.32 Å².